The van der Waals surface area contributed by atoms with Gasteiger partial charge in [-0.2, -0.15) is 0 Å². The quantitative estimate of drug-likeness (QED) is 0.760. The van der Waals surface area contributed by atoms with E-state index in [1.807, 2.05) is 55.6 Å². The van der Waals surface area contributed by atoms with Gasteiger partial charge < -0.3 is 4.90 Å². The third kappa shape index (κ3) is 2.17. The molecule has 0 aliphatic carbocycles. The SMILES string of the molecule is CN1C(=O)Cc2ccccc2/C1=C\c1ccccc1. The van der Waals surface area contributed by atoms with Crippen LogP contribution in [0.5, 0.6) is 0 Å². The number of nitrogens with zero attached hydrogens (tertiary/aromatic N) is 1. The van der Waals surface area contributed by atoms with E-state index >= 15 is 0 Å². The van der Waals surface area contributed by atoms with Crippen LogP contribution in [0.4, 0.5) is 0 Å². The minimum Gasteiger partial charge on any atom is -0.315 e. The van der Waals surface area contributed by atoms with E-state index in [1.165, 1.54) is 0 Å². The summed E-state index contributed by atoms with van der Waals surface area (Å²) in [5.41, 5.74) is 4.33. The zero-order valence-corrected chi connectivity index (χ0v) is 10.8. The summed E-state index contributed by atoms with van der Waals surface area (Å²) < 4.78 is 0. The molecule has 2 heteroatoms. The van der Waals surface area contributed by atoms with Crippen LogP contribution in [0, 0.1) is 0 Å². The van der Waals surface area contributed by atoms with Crippen molar-refractivity contribution in [3.05, 3.63) is 71.3 Å². The molecule has 1 aliphatic rings. The lowest BCUT2D eigenvalue weighted by Gasteiger charge is -2.28. The Hall–Kier alpha value is -2.35. The number of rotatable bonds is 1. The molecule has 1 heterocycles. The molecule has 19 heavy (non-hydrogen) atoms. The highest BCUT2D eigenvalue weighted by Gasteiger charge is 2.24. The Morgan fingerprint density at radius 3 is 2.47 bits per heavy atom. The number of amides is 1. The Balaban J connectivity index is 2.14. The fourth-order valence-corrected chi connectivity index (χ4v) is 2.40. The summed E-state index contributed by atoms with van der Waals surface area (Å²) in [5, 5.41) is 0. The normalized spacial score (nSPS) is 16.6. The van der Waals surface area contributed by atoms with Gasteiger partial charge in [-0.15, -0.1) is 0 Å². The number of hydrogen-bond acceptors (Lipinski definition) is 1. The van der Waals surface area contributed by atoms with Gasteiger partial charge in [0, 0.05) is 12.6 Å². The molecular formula is C17H15NO. The highest BCUT2D eigenvalue weighted by atomic mass is 16.2. The van der Waals surface area contributed by atoms with Crippen molar-refractivity contribution in [2.24, 2.45) is 0 Å². The first kappa shape index (κ1) is 11.7. The van der Waals surface area contributed by atoms with Crippen molar-refractivity contribution >= 4 is 17.7 Å². The molecule has 0 atom stereocenters. The van der Waals surface area contributed by atoms with Crippen molar-refractivity contribution in [3.63, 3.8) is 0 Å². The highest BCUT2D eigenvalue weighted by Crippen LogP contribution is 2.29. The standard InChI is InChI=1S/C17H15NO/c1-18-16(11-13-7-3-2-4-8-13)15-10-6-5-9-14(15)12-17(18)19/h2-11H,12H2,1H3/b16-11+. The third-order valence-corrected chi connectivity index (χ3v) is 3.47. The van der Waals surface area contributed by atoms with Crippen LogP contribution < -0.4 is 0 Å². The molecular weight excluding hydrogens is 234 g/mol. The van der Waals surface area contributed by atoms with Crippen molar-refractivity contribution in [1.82, 2.24) is 4.90 Å². The molecule has 2 aromatic carbocycles. The zero-order chi connectivity index (χ0) is 13.2. The predicted molar refractivity (Wildman–Crippen MR) is 77.2 cm³/mol. The molecule has 2 nitrogen and oxygen atoms in total. The van der Waals surface area contributed by atoms with Gasteiger partial charge in [-0.3, -0.25) is 4.79 Å². The fourth-order valence-electron chi connectivity index (χ4n) is 2.40. The zero-order valence-electron chi connectivity index (χ0n) is 10.8. The molecule has 94 valence electrons. The van der Waals surface area contributed by atoms with Gasteiger partial charge in [0.2, 0.25) is 5.91 Å². The molecule has 1 aliphatic heterocycles. The lowest BCUT2D eigenvalue weighted by Crippen LogP contribution is -2.31. The monoisotopic (exact) mass is 249 g/mol. The number of benzene rings is 2. The average Bonchev–Trinajstić information content (AvgIpc) is 2.45. The van der Waals surface area contributed by atoms with Gasteiger partial charge in [-0.25, -0.2) is 0 Å². The Labute approximate surface area is 113 Å². The van der Waals surface area contributed by atoms with E-state index in [1.54, 1.807) is 4.90 Å². The van der Waals surface area contributed by atoms with Crippen LogP contribution in [0.3, 0.4) is 0 Å². The minimum absolute atomic E-state index is 0.140. The molecule has 3 rings (SSSR count). The summed E-state index contributed by atoms with van der Waals surface area (Å²) in [7, 11) is 1.84. The van der Waals surface area contributed by atoms with Crippen LogP contribution >= 0.6 is 0 Å². The molecule has 0 fully saturated rings. The summed E-state index contributed by atoms with van der Waals surface area (Å²) in [5.74, 6) is 0.140. The van der Waals surface area contributed by atoms with Gasteiger partial charge in [0.25, 0.3) is 0 Å². The Bertz CT molecular complexity index is 643. The smallest absolute Gasteiger partial charge is 0.231 e. The fraction of sp³-hybridized carbons (Fsp3) is 0.118. The molecule has 0 aromatic heterocycles. The summed E-state index contributed by atoms with van der Waals surface area (Å²) in [6.45, 7) is 0. The molecule has 0 spiro atoms. The number of carbonyl (C=O) groups is 1. The molecule has 0 unspecified atom stereocenters. The second-order valence-electron chi connectivity index (χ2n) is 4.73. The average molecular weight is 249 g/mol. The minimum atomic E-state index is 0.140. The summed E-state index contributed by atoms with van der Waals surface area (Å²) in [6.07, 6.45) is 2.55. The van der Waals surface area contributed by atoms with E-state index in [0.717, 1.165) is 22.4 Å². The number of carbonyl (C=O) groups excluding carboxylic acids is 1. The Morgan fingerprint density at radius 2 is 1.68 bits per heavy atom. The predicted octanol–water partition coefficient (Wildman–Crippen LogP) is 3.20. The van der Waals surface area contributed by atoms with Crippen molar-refractivity contribution in [2.45, 2.75) is 6.42 Å². The van der Waals surface area contributed by atoms with Crippen molar-refractivity contribution in [1.29, 1.82) is 0 Å². The lowest BCUT2D eigenvalue weighted by atomic mass is 9.95. The maximum absolute atomic E-state index is 12.0. The second kappa shape index (κ2) is 4.73. The van der Waals surface area contributed by atoms with E-state index in [2.05, 4.69) is 12.1 Å². The van der Waals surface area contributed by atoms with E-state index in [4.69, 9.17) is 0 Å². The molecule has 2 aromatic rings. The van der Waals surface area contributed by atoms with Gasteiger partial charge in [0.05, 0.1) is 12.1 Å². The van der Waals surface area contributed by atoms with E-state index in [0.29, 0.717) is 6.42 Å². The molecule has 0 N–H and O–H groups in total. The first-order valence-electron chi connectivity index (χ1n) is 6.37. The van der Waals surface area contributed by atoms with Crippen LogP contribution in [-0.4, -0.2) is 17.9 Å². The van der Waals surface area contributed by atoms with Crippen LogP contribution in [0.25, 0.3) is 11.8 Å². The molecule has 0 saturated carbocycles. The highest BCUT2D eigenvalue weighted by molar-refractivity contribution is 5.97. The second-order valence-corrected chi connectivity index (χ2v) is 4.73. The Kier molecular flexibility index (Phi) is 2.92. The van der Waals surface area contributed by atoms with E-state index in [-0.39, 0.29) is 5.91 Å². The van der Waals surface area contributed by atoms with Crippen molar-refractivity contribution < 1.29 is 4.79 Å². The third-order valence-electron chi connectivity index (χ3n) is 3.47. The first-order chi connectivity index (χ1) is 9.25. The molecule has 0 bridgehead atoms. The van der Waals surface area contributed by atoms with Gasteiger partial charge in [0.1, 0.15) is 0 Å². The number of fused-ring (bicyclic) bond motifs is 1. The van der Waals surface area contributed by atoms with Crippen LogP contribution in [0.2, 0.25) is 0 Å². The number of hydrogen-bond donors (Lipinski definition) is 0. The summed E-state index contributed by atoms with van der Waals surface area (Å²) in [4.78, 5) is 13.8. The first-order valence-corrected chi connectivity index (χ1v) is 6.37. The topological polar surface area (TPSA) is 20.3 Å². The van der Waals surface area contributed by atoms with Crippen molar-refractivity contribution in [2.75, 3.05) is 7.05 Å². The molecule has 1 amide bonds. The lowest BCUT2D eigenvalue weighted by molar-refractivity contribution is -0.126. The molecule has 0 radical (unpaired) electrons. The van der Waals surface area contributed by atoms with E-state index < -0.39 is 0 Å². The van der Waals surface area contributed by atoms with Crippen molar-refractivity contribution in [3.8, 4) is 0 Å². The van der Waals surface area contributed by atoms with E-state index in [9.17, 15) is 4.79 Å². The van der Waals surface area contributed by atoms with Gasteiger partial charge in [-0.1, -0.05) is 54.6 Å². The number of likely N-dealkylation sites (N-methyl/N-ethyl adjacent to an activating group) is 1. The van der Waals surface area contributed by atoms with Gasteiger partial charge in [-0.05, 0) is 17.2 Å². The Morgan fingerprint density at radius 1 is 1.00 bits per heavy atom. The largest absolute Gasteiger partial charge is 0.315 e. The van der Waals surface area contributed by atoms with Crippen LogP contribution in [0.15, 0.2) is 54.6 Å². The maximum Gasteiger partial charge on any atom is 0.231 e. The van der Waals surface area contributed by atoms with Gasteiger partial charge in [0.15, 0.2) is 0 Å². The summed E-state index contributed by atoms with van der Waals surface area (Å²) in [6, 6.07) is 18.2. The van der Waals surface area contributed by atoms with Crippen LogP contribution in [0.1, 0.15) is 16.7 Å². The maximum atomic E-state index is 12.0. The summed E-state index contributed by atoms with van der Waals surface area (Å²) >= 11 is 0. The molecule has 0 saturated heterocycles. The van der Waals surface area contributed by atoms with Crippen LogP contribution in [-0.2, 0) is 11.2 Å². The van der Waals surface area contributed by atoms with Gasteiger partial charge >= 0.3 is 0 Å².